The van der Waals surface area contributed by atoms with Crippen molar-refractivity contribution in [2.45, 2.75) is 19.8 Å². The molecular weight excluding hydrogens is 340 g/mol. The summed E-state index contributed by atoms with van der Waals surface area (Å²) in [6.07, 6.45) is 0. The Hall–Kier alpha value is -3.39. The molecule has 0 saturated carbocycles. The van der Waals surface area contributed by atoms with Crippen molar-refractivity contribution in [3.05, 3.63) is 90.5 Å². The highest BCUT2D eigenvalue weighted by atomic mass is 14.8. The summed E-state index contributed by atoms with van der Waals surface area (Å²) in [7, 11) is 0. The minimum absolute atomic E-state index is 0.350. The number of aromatic nitrogens is 2. The number of hydrogen-bond acceptors (Lipinski definition) is 1. The number of H-pyrrole nitrogens is 1. The number of nitrogens with one attached hydrogen (secondary N) is 1. The normalized spacial score (nSPS) is 11.5. The summed E-state index contributed by atoms with van der Waals surface area (Å²) < 4.78 is 0. The molecular formula is C26H22N2. The van der Waals surface area contributed by atoms with Crippen LogP contribution in [0.1, 0.15) is 25.3 Å². The molecule has 136 valence electrons. The van der Waals surface area contributed by atoms with Gasteiger partial charge in [0.2, 0.25) is 0 Å². The van der Waals surface area contributed by atoms with E-state index in [0.29, 0.717) is 5.92 Å². The highest BCUT2D eigenvalue weighted by molar-refractivity contribution is 6.15. The number of nitrogens with zero attached hydrogens (tertiary/aromatic N) is 1. The van der Waals surface area contributed by atoms with Gasteiger partial charge >= 0.3 is 0 Å². The van der Waals surface area contributed by atoms with E-state index in [9.17, 15) is 0 Å². The van der Waals surface area contributed by atoms with Gasteiger partial charge in [-0.1, -0.05) is 92.7 Å². The van der Waals surface area contributed by atoms with Crippen LogP contribution in [0.4, 0.5) is 0 Å². The Balaban J connectivity index is 1.99. The third-order valence-electron chi connectivity index (χ3n) is 5.36. The molecule has 1 N–H and O–H groups in total. The number of aromatic amines is 1. The Bertz CT molecular complexity index is 1270. The van der Waals surface area contributed by atoms with Gasteiger partial charge in [-0.3, -0.25) is 0 Å². The van der Waals surface area contributed by atoms with Crippen molar-refractivity contribution in [1.82, 2.24) is 9.97 Å². The summed E-state index contributed by atoms with van der Waals surface area (Å²) >= 11 is 0. The van der Waals surface area contributed by atoms with E-state index in [1.807, 2.05) is 0 Å². The van der Waals surface area contributed by atoms with Crippen molar-refractivity contribution in [3.63, 3.8) is 0 Å². The van der Waals surface area contributed by atoms with Gasteiger partial charge in [0.25, 0.3) is 0 Å². The average Bonchev–Trinajstić information content (AvgIpc) is 3.13. The van der Waals surface area contributed by atoms with Gasteiger partial charge in [0.1, 0.15) is 0 Å². The molecule has 5 rings (SSSR count). The summed E-state index contributed by atoms with van der Waals surface area (Å²) in [5, 5.41) is 2.44. The number of hydrogen-bond donors (Lipinski definition) is 1. The first kappa shape index (κ1) is 16.8. The molecule has 28 heavy (non-hydrogen) atoms. The van der Waals surface area contributed by atoms with Crippen molar-refractivity contribution in [3.8, 4) is 22.5 Å². The van der Waals surface area contributed by atoms with Crippen LogP contribution in [0.3, 0.4) is 0 Å². The van der Waals surface area contributed by atoms with E-state index in [1.165, 1.54) is 21.9 Å². The smallest absolute Gasteiger partial charge is 0.0809 e. The lowest BCUT2D eigenvalue weighted by Gasteiger charge is -2.17. The zero-order valence-corrected chi connectivity index (χ0v) is 16.1. The van der Waals surface area contributed by atoms with Crippen LogP contribution in [0.15, 0.2) is 84.9 Å². The molecule has 0 aliphatic rings. The lowest BCUT2D eigenvalue weighted by molar-refractivity contribution is 0.870. The van der Waals surface area contributed by atoms with E-state index >= 15 is 0 Å². The topological polar surface area (TPSA) is 28.7 Å². The van der Waals surface area contributed by atoms with Gasteiger partial charge in [-0.15, -0.1) is 0 Å². The predicted molar refractivity (Wildman–Crippen MR) is 119 cm³/mol. The van der Waals surface area contributed by atoms with Gasteiger partial charge in [-0.2, -0.15) is 0 Å². The van der Waals surface area contributed by atoms with Crippen LogP contribution in [0.5, 0.6) is 0 Å². The van der Waals surface area contributed by atoms with Gasteiger partial charge in [-0.05, 0) is 12.0 Å². The third kappa shape index (κ3) is 2.61. The van der Waals surface area contributed by atoms with Crippen LogP contribution in [0, 0.1) is 0 Å². The van der Waals surface area contributed by atoms with Crippen molar-refractivity contribution >= 4 is 21.8 Å². The Morgan fingerprint density at radius 3 is 1.89 bits per heavy atom. The Labute approximate surface area is 164 Å². The molecule has 3 aromatic carbocycles. The van der Waals surface area contributed by atoms with E-state index in [1.54, 1.807) is 0 Å². The first-order valence-electron chi connectivity index (χ1n) is 9.79. The minimum atomic E-state index is 0.350. The molecule has 2 heteroatoms. The van der Waals surface area contributed by atoms with Crippen LogP contribution in [-0.4, -0.2) is 9.97 Å². The molecule has 0 spiro atoms. The first-order chi connectivity index (χ1) is 13.7. The van der Waals surface area contributed by atoms with Gasteiger partial charge in [-0.25, -0.2) is 4.98 Å². The highest BCUT2D eigenvalue weighted by Gasteiger charge is 2.21. The first-order valence-corrected chi connectivity index (χ1v) is 9.79. The molecule has 5 aromatic rings. The van der Waals surface area contributed by atoms with Crippen molar-refractivity contribution in [2.24, 2.45) is 0 Å². The lowest BCUT2D eigenvalue weighted by Crippen LogP contribution is -2.00. The summed E-state index contributed by atoms with van der Waals surface area (Å²) in [5.74, 6) is 0.350. The Morgan fingerprint density at radius 2 is 1.25 bits per heavy atom. The SMILES string of the molecule is CC(C)c1c(-c2ccccc2)nc(-c2ccccc2)c2c1[nH]c1ccccc12. The molecule has 2 nitrogen and oxygen atoms in total. The zero-order valence-electron chi connectivity index (χ0n) is 16.1. The van der Waals surface area contributed by atoms with Gasteiger partial charge in [0.05, 0.1) is 16.9 Å². The van der Waals surface area contributed by atoms with Crippen LogP contribution in [0.25, 0.3) is 44.3 Å². The predicted octanol–water partition coefficient (Wildman–Crippen LogP) is 7.17. The monoisotopic (exact) mass is 362 g/mol. The summed E-state index contributed by atoms with van der Waals surface area (Å²) in [6, 6.07) is 29.5. The molecule has 0 bridgehead atoms. The van der Waals surface area contributed by atoms with E-state index in [0.717, 1.165) is 28.0 Å². The van der Waals surface area contributed by atoms with Crippen molar-refractivity contribution in [1.29, 1.82) is 0 Å². The van der Waals surface area contributed by atoms with Gasteiger partial charge < -0.3 is 4.98 Å². The van der Waals surface area contributed by atoms with E-state index in [4.69, 9.17) is 4.98 Å². The van der Waals surface area contributed by atoms with E-state index in [2.05, 4.69) is 104 Å². The zero-order chi connectivity index (χ0) is 19.1. The molecule has 0 unspecified atom stereocenters. The fourth-order valence-corrected chi connectivity index (χ4v) is 4.12. The number of benzene rings is 3. The number of rotatable bonds is 3. The minimum Gasteiger partial charge on any atom is -0.354 e. The van der Waals surface area contributed by atoms with Crippen LogP contribution in [0.2, 0.25) is 0 Å². The molecule has 0 fully saturated rings. The van der Waals surface area contributed by atoms with Crippen LogP contribution >= 0.6 is 0 Å². The van der Waals surface area contributed by atoms with E-state index < -0.39 is 0 Å². The van der Waals surface area contributed by atoms with Crippen molar-refractivity contribution < 1.29 is 0 Å². The van der Waals surface area contributed by atoms with Gasteiger partial charge in [0, 0.05) is 33.0 Å². The molecule has 2 aromatic heterocycles. The second-order valence-electron chi connectivity index (χ2n) is 7.53. The number of fused-ring (bicyclic) bond motifs is 3. The second-order valence-corrected chi connectivity index (χ2v) is 7.53. The van der Waals surface area contributed by atoms with Crippen LogP contribution in [-0.2, 0) is 0 Å². The largest absolute Gasteiger partial charge is 0.354 e. The number of para-hydroxylation sites is 1. The van der Waals surface area contributed by atoms with Crippen molar-refractivity contribution in [2.75, 3.05) is 0 Å². The standard InChI is InChI=1S/C26H22N2/c1-17(2)22-24(18-11-5-3-6-12-18)28-25(19-13-7-4-8-14-19)23-20-15-9-10-16-21(20)27-26(22)23/h3-17,27H,1-2H3. The molecule has 2 heterocycles. The fraction of sp³-hybridized carbons (Fsp3) is 0.115. The maximum atomic E-state index is 5.26. The molecule has 0 atom stereocenters. The Morgan fingerprint density at radius 1 is 0.679 bits per heavy atom. The maximum Gasteiger partial charge on any atom is 0.0809 e. The summed E-state index contributed by atoms with van der Waals surface area (Å²) in [6.45, 7) is 4.49. The summed E-state index contributed by atoms with van der Waals surface area (Å²) in [4.78, 5) is 8.97. The average molecular weight is 362 g/mol. The molecule has 0 saturated heterocycles. The molecule has 0 aliphatic heterocycles. The fourth-order valence-electron chi connectivity index (χ4n) is 4.12. The second kappa shape index (κ2) is 6.65. The van der Waals surface area contributed by atoms with Gasteiger partial charge in [0.15, 0.2) is 0 Å². The molecule has 0 aliphatic carbocycles. The lowest BCUT2D eigenvalue weighted by atomic mass is 9.92. The summed E-state index contributed by atoms with van der Waals surface area (Å²) in [5.41, 5.74) is 8.03. The highest BCUT2D eigenvalue weighted by Crippen LogP contribution is 2.41. The quantitative estimate of drug-likeness (QED) is 0.362. The van der Waals surface area contributed by atoms with Crippen LogP contribution < -0.4 is 0 Å². The van der Waals surface area contributed by atoms with E-state index in [-0.39, 0.29) is 0 Å². The Kier molecular flexibility index (Phi) is 3.98. The maximum absolute atomic E-state index is 5.26. The molecule has 0 radical (unpaired) electrons. The molecule has 0 amide bonds. The third-order valence-corrected chi connectivity index (χ3v) is 5.36. The number of pyridine rings is 1.